The van der Waals surface area contributed by atoms with E-state index >= 15 is 0 Å². The lowest BCUT2D eigenvalue weighted by Crippen LogP contribution is -2.31. The van der Waals surface area contributed by atoms with Crippen LogP contribution in [0, 0.1) is 0 Å². The third-order valence-corrected chi connectivity index (χ3v) is 7.83. The summed E-state index contributed by atoms with van der Waals surface area (Å²) in [5.41, 5.74) is 3.81. The number of carbonyl (C=O) groups excluding carboxylic acids is 1. The maximum absolute atomic E-state index is 13.7. The van der Waals surface area contributed by atoms with Crippen LogP contribution < -0.4 is 5.32 Å². The summed E-state index contributed by atoms with van der Waals surface area (Å²) in [4.78, 5) is 13.0. The van der Waals surface area contributed by atoms with Crippen LogP contribution in [0.1, 0.15) is 81.5 Å². The molecule has 1 aliphatic rings. The Labute approximate surface area is 186 Å². The van der Waals surface area contributed by atoms with Gasteiger partial charge in [0.1, 0.15) is 6.04 Å². The Morgan fingerprint density at radius 2 is 1.52 bits per heavy atom. The van der Waals surface area contributed by atoms with Crippen molar-refractivity contribution in [2.24, 2.45) is 0 Å². The third-order valence-electron chi connectivity index (χ3n) is 5.83. The van der Waals surface area contributed by atoms with E-state index in [0.29, 0.717) is 17.4 Å². The molecule has 1 heterocycles. The molecule has 2 unspecified atom stereocenters. The minimum Gasteiger partial charge on any atom is -0.351 e. The highest BCUT2D eigenvalue weighted by atomic mass is 32.2. The van der Waals surface area contributed by atoms with E-state index in [9.17, 15) is 13.2 Å². The Hall–Kier alpha value is -2.18. The summed E-state index contributed by atoms with van der Waals surface area (Å²) in [6, 6.07) is 13.0. The summed E-state index contributed by atoms with van der Waals surface area (Å²) >= 11 is 0. The average Bonchev–Trinajstić information content (AvgIpc) is 3.53. The molecule has 0 saturated carbocycles. The number of benzene rings is 2. The zero-order valence-electron chi connectivity index (χ0n) is 19.3. The van der Waals surface area contributed by atoms with Gasteiger partial charge in [-0.2, -0.15) is 4.31 Å². The largest absolute Gasteiger partial charge is 0.351 e. The molecule has 0 aliphatic carbocycles. The number of hydrogen-bond donors (Lipinski definition) is 1. The number of nitrogens with zero attached hydrogens (tertiary/aromatic N) is 1. The zero-order valence-corrected chi connectivity index (χ0v) is 20.2. The van der Waals surface area contributed by atoms with Crippen LogP contribution >= 0.6 is 0 Å². The van der Waals surface area contributed by atoms with Gasteiger partial charge in [0.25, 0.3) is 0 Å². The van der Waals surface area contributed by atoms with Crippen LogP contribution in [0.2, 0.25) is 0 Å². The van der Waals surface area contributed by atoms with Gasteiger partial charge in [0.05, 0.1) is 4.90 Å². The number of rotatable bonds is 8. The van der Waals surface area contributed by atoms with E-state index in [0.717, 1.165) is 22.3 Å². The van der Waals surface area contributed by atoms with Gasteiger partial charge in [-0.3, -0.25) is 4.79 Å². The summed E-state index contributed by atoms with van der Waals surface area (Å²) in [7, 11) is -3.76. The van der Waals surface area contributed by atoms with Gasteiger partial charge in [-0.1, -0.05) is 84.0 Å². The Morgan fingerprint density at radius 3 is 2.00 bits per heavy atom. The van der Waals surface area contributed by atoms with Crippen molar-refractivity contribution < 1.29 is 13.2 Å². The van der Waals surface area contributed by atoms with Crippen LogP contribution in [0.15, 0.2) is 47.4 Å². The normalized spacial score (nSPS) is 18.6. The summed E-state index contributed by atoms with van der Waals surface area (Å²) in [5, 5.41) is 2.87. The van der Waals surface area contributed by atoms with E-state index in [1.165, 1.54) is 4.31 Å². The van der Waals surface area contributed by atoms with E-state index in [1.54, 1.807) is 0 Å². The number of nitrogens with one attached hydrogen (secondary N) is 1. The van der Waals surface area contributed by atoms with Crippen LogP contribution in [0.4, 0.5) is 0 Å². The molecule has 3 rings (SSSR count). The molecular weight excluding hydrogens is 408 g/mol. The number of carbonyl (C=O) groups is 1. The predicted molar refractivity (Wildman–Crippen MR) is 125 cm³/mol. The average molecular weight is 443 g/mol. The minimum absolute atomic E-state index is 0.0614. The van der Waals surface area contributed by atoms with E-state index in [4.69, 9.17) is 0 Å². The molecule has 31 heavy (non-hydrogen) atoms. The topological polar surface area (TPSA) is 66.2 Å². The summed E-state index contributed by atoms with van der Waals surface area (Å²) in [6.45, 7) is 12.9. The van der Waals surface area contributed by atoms with Gasteiger partial charge in [-0.05, 0) is 40.0 Å². The van der Waals surface area contributed by atoms with Crippen molar-refractivity contribution in [3.05, 3.63) is 64.7 Å². The number of amides is 1. The van der Waals surface area contributed by atoms with E-state index in [2.05, 4.69) is 19.2 Å². The molecule has 0 aromatic heterocycles. The molecule has 6 heteroatoms. The Balaban J connectivity index is 1.89. The standard InChI is InChI=1S/C25H34N2O3S/c1-16(2)20-12-21(17(3)4)24(22(13-20)18(5)6)31(29,30)27-15-23(27)25(28)26-14-19-10-8-7-9-11-19/h7-13,16-18,23H,14-15H2,1-6H3,(H,26,28). The first-order valence-electron chi connectivity index (χ1n) is 11.0. The van der Waals surface area contributed by atoms with Crippen LogP contribution in [-0.2, 0) is 21.4 Å². The second-order valence-electron chi connectivity index (χ2n) is 9.29. The summed E-state index contributed by atoms with van der Waals surface area (Å²) < 4.78 is 28.7. The SMILES string of the molecule is CC(C)c1cc(C(C)C)c(S(=O)(=O)N2CC2C(=O)NCc2ccccc2)c(C(C)C)c1. The van der Waals surface area contributed by atoms with Crippen molar-refractivity contribution in [2.75, 3.05) is 6.54 Å². The van der Waals surface area contributed by atoms with E-state index < -0.39 is 16.1 Å². The van der Waals surface area contributed by atoms with Gasteiger partial charge in [-0.15, -0.1) is 0 Å². The van der Waals surface area contributed by atoms with Crippen molar-refractivity contribution >= 4 is 15.9 Å². The molecule has 0 bridgehead atoms. The number of sulfonamides is 1. The summed E-state index contributed by atoms with van der Waals surface area (Å²) in [5.74, 6) is 0.186. The molecule has 0 spiro atoms. The Morgan fingerprint density at radius 1 is 0.968 bits per heavy atom. The molecule has 0 radical (unpaired) electrons. The third kappa shape index (κ3) is 5.01. The minimum atomic E-state index is -3.76. The molecule has 1 aliphatic heterocycles. The van der Waals surface area contributed by atoms with Crippen molar-refractivity contribution in [3.8, 4) is 0 Å². The summed E-state index contributed by atoms with van der Waals surface area (Å²) in [6.07, 6.45) is 0. The van der Waals surface area contributed by atoms with Crippen LogP contribution in [0.5, 0.6) is 0 Å². The first-order valence-corrected chi connectivity index (χ1v) is 12.5. The molecule has 1 saturated heterocycles. The molecule has 5 nitrogen and oxygen atoms in total. The highest BCUT2D eigenvalue weighted by Gasteiger charge is 2.50. The fourth-order valence-corrected chi connectivity index (χ4v) is 6.00. The van der Waals surface area contributed by atoms with Gasteiger partial charge in [-0.25, -0.2) is 8.42 Å². The quantitative estimate of drug-likeness (QED) is 0.600. The van der Waals surface area contributed by atoms with E-state index in [-0.39, 0.29) is 24.3 Å². The predicted octanol–water partition coefficient (Wildman–Crippen LogP) is 4.75. The van der Waals surface area contributed by atoms with Crippen LogP contribution in [0.3, 0.4) is 0 Å². The number of hydrogen-bond acceptors (Lipinski definition) is 3. The van der Waals surface area contributed by atoms with E-state index in [1.807, 2.05) is 70.2 Å². The highest BCUT2D eigenvalue weighted by Crippen LogP contribution is 2.39. The molecule has 1 amide bonds. The molecular formula is C25H34N2O3S. The van der Waals surface area contributed by atoms with Gasteiger partial charge >= 0.3 is 0 Å². The molecule has 2 aromatic carbocycles. The van der Waals surface area contributed by atoms with Crippen LogP contribution in [-0.4, -0.2) is 31.2 Å². The lowest BCUT2D eigenvalue weighted by molar-refractivity contribution is -0.121. The smallest absolute Gasteiger partial charge is 0.244 e. The molecule has 2 atom stereocenters. The van der Waals surface area contributed by atoms with Crippen LogP contribution in [0.25, 0.3) is 0 Å². The second-order valence-corrected chi connectivity index (χ2v) is 11.1. The molecule has 2 aromatic rings. The molecule has 1 N–H and O–H groups in total. The Kier molecular flexibility index (Phi) is 6.92. The van der Waals surface area contributed by atoms with Gasteiger partial charge in [0.15, 0.2) is 0 Å². The second kappa shape index (κ2) is 9.13. The zero-order chi connectivity index (χ0) is 22.9. The van der Waals surface area contributed by atoms with Crippen molar-refractivity contribution in [2.45, 2.75) is 76.8 Å². The van der Waals surface area contributed by atoms with Gasteiger partial charge in [0, 0.05) is 13.1 Å². The maximum atomic E-state index is 13.7. The Bertz CT molecular complexity index is 1010. The lowest BCUT2D eigenvalue weighted by atomic mass is 9.89. The molecule has 168 valence electrons. The van der Waals surface area contributed by atoms with Crippen molar-refractivity contribution in [1.29, 1.82) is 0 Å². The maximum Gasteiger partial charge on any atom is 0.244 e. The lowest BCUT2D eigenvalue weighted by Gasteiger charge is -2.23. The van der Waals surface area contributed by atoms with Gasteiger partial charge < -0.3 is 5.32 Å². The monoisotopic (exact) mass is 442 g/mol. The first kappa shape index (κ1) is 23.5. The first-order chi connectivity index (χ1) is 14.5. The van der Waals surface area contributed by atoms with Gasteiger partial charge in [0.2, 0.25) is 15.9 Å². The fourth-order valence-electron chi connectivity index (χ4n) is 3.81. The van der Waals surface area contributed by atoms with Crippen molar-refractivity contribution in [3.63, 3.8) is 0 Å². The molecule has 1 fully saturated rings. The highest BCUT2D eigenvalue weighted by molar-refractivity contribution is 7.89. The fraction of sp³-hybridized carbons (Fsp3) is 0.480. The van der Waals surface area contributed by atoms with Crippen molar-refractivity contribution in [1.82, 2.24) is 9.62 Å².